The number of rotatable bonds is 10. The maximum Gasteiger partial charge on any atom is 0.430 e. The molecule has 0 aliphatic carbocycles. The predicted molar refractivity (Wildman–Crippen MR) is 109 cm³/mol. The number of methoxy groups -OCH3 is 1. The molecule has 0 saturated carbocycles. The summed E-state index contributed by atoms with van der Waals surface area (Å²) < 4.78 is 71.6. The summed E-state index contributed by atoms with van der Waals surface area (Å²) in [5.41, 5.74) is -3.48. The molecule has 6 nitrogen and oxygen atoms in total. The van der Waals surface area contributed by atoms with Gasteiger partial charge < -0.3 is 19.1 Å². The van der Waals surface area contributed by atoms with Crippen LogP contribution in [-0.2, 0) is 28.7 Å². The van der Waals surface area contributed by atoms with Gasteiger partial charge in [0.1, 0.15) is 0 Å². The number of carbonyl (C=O) groups is 1. The van der Waals surface area contributed by atoms with Crippen LogP contribution in [0.5, 0.6) is 0 Å². The van der Waals surface area contributed by atoms with E-state index in [0.29, 0.717) is 0 Å². The van der Waals surface area contributed by atoms with E-state index in [1.807, 2.05) is 0 Å². The zero-order valence-electron chi connectivity index (χ0n) is 17.4. The molecule has 0 saturated heterocycles. The molecule has 1 N–H and O–H groups in total. The first-order valence-electron chi connectivity index (χ1n) is 9.58. The SMILES string of the molecule is CCOP(=O)(OCC)C(NC(=O)[C@@](OC)(c1ccccc1)C(F)(F)F)c1ccccc1. The molecule has 31 heavy (non-hydrogen) atoms. The van der Waals surface area contributed by atoms with Gasteiger partial charge in [-0.2, -0.15) is 13.2 Å². The number of ether oxygens (including phenoxy) is 1. The molecule has 2 aromatic carbocycles. The molecule has 0 aliphatic heterocycles. The number of benzene rings is 2. The number of amides is 1. The minimum Gasteiger partial charge on any atom is -0.356 e. The van der Waals surface area contributed by atoms with Gasteiger partial charge in [0, 0.05) is 12.7 Å². The molecule has 2 atom stereocenters. The number of carbonyl (C=O) groups excluding carboxylic acids is 1. The Labute approximate surface area is 179 Å². The van der Waals surface area contributed by atoms with Crippen molar-refractivity contribution >= 4 is 13.5 Å². The highest BCUT2D eigenvalue weighted by molar-refractivity contribution is 7.54. The zero-order valence-corrected chi connectivity index (χ0v) is 18.3. The van der Waals surface area contributed by atoms with Crippen molar-refractivity contribution < 1.29 is 36.3 Å². The molecule has 0 radical (unpaired) electrons. The summed E-state index contributed by atoms with van der Waals surface area (Å²) in [5.74, 6) is -3.02. The van der Waals surface area contributed by atoms with Crippen LogP contribution >= 0.6 is 7.60 Å². The number of hydrogen-bond acceptors (Lipinski definition) is 5. The first-order chi connectivity index (χ1) is 14.7. The Balaban J connectivity index is 2.61. The summed E-state index contributed by atoms with van der Waals surface area (Å²) in [7, 11) is -3.29. The van der Waals surface area contributed by atoms with Crippen LogP contribution in [0.1, 0.15) is 30.8 Å². The van der Waals surface area contributed by atoms with Gasteiger partial charge in [-0.3, -0.25) is 9.36 Å². The second-order valence-electron chi connectivity index (χ2n) is 6.41. The third kappa shape index (κ3) is 5.18. The van der Waals surface area contributed by atoms with E-state index in [0.717, 1.165) is 19.2 Å². The fraction of sp³-hybridized carbons (Fsp3) is 0.381. The van der Waals surface area contributed by atoms with Gasteiger partial charge in [-0.25, -0.2) is 0 Å². The van der Waals surface area contributed by atoms with Crippen LogP contribution in [-0.4, -0.2) is 32.4 Å². The van der Waals surface area contributed by atoms with Gasteiger partial charge in [0.05, 0.1) is 13.2 Å². The summed E-state index contributed by atoms with van der Waals surface area (Å²) in [4.78, 5) is 13.2. The van der Waals surface area contributed by atoms with E-state index in [4.69, 9.17) is 13.8 Å². The van der Waals surface area contributed by atoms with Crippen LogP contribution < -0.4 is 5.32 Å². The molecule has 1 amide bonds. The topological polar surface area (TPSA) is 73.9 Å². The number of alkyl halides is 3. The fourth-order valence-corrected chi connectivity index (χ4v) is 5.08. The molecule has 0 bridgehead atoms. The van der Waals surface area contributed by atoms with Crippen molar-refractivity contribution in [3.8, 4) is 0 Å². The van der Waals surface area contributed by atoms with Crippen LogP contribution in [0.25, 0.3) is 0 Å². The van der Waals surface area contributed by atoms with Crippen molar-refractivity contribution in [1.82, 2.24) is 5.32 Å². The summed E-state index contributed by atoms with van der Waals surface area (Å²) in [6.07, 6.45) is -5.12. The first kappa shape index (κ1) is 25.1. The quantitative estimate of drug-likeness (QED) is 0.496. The van der Waals surface area contributed by atoms with Crippen molar-refractivity contribution in [2.75, 3.05) is 20.3 Å². The molecule has 0 fully saturated rings. The minimum absolute atomic E-state index is 0.0378. The second kappa shape index (κ2) is 10.4. The van der Waals surface area contributed by atoms with Crippen LogP contribution in [0.15, 0.2) is 60.7 Å². The fourth-order valence-electron chi connectivity index (χ4n) is 3.17. The monoisotopic (exact) mass is 459 g/mol. The highest BCUT2D eigenvalue weighted by atomic mass is 31.2. The van der Waals surface area contributed by atoms with E-state index >= 15 is 0 Å². The van der Waals surface area contributed by atoms with E-state index < -0.39 is 36.6 Å². The molecule has 0 aliphatic rings. The molecule has 0 spiro atoms. The van der Waals surface area contributed by atoms with Gasteiger partial charge in [-0.15, -0.1) is 0 Å². The normalized spacial score (nSPS) is 15.2. The van der Waals surface area contributed by atoms with Crippen LogP contribution in [0, 0.1) is 0 Å². The minimum atomic E-state index is -5.12. The van der Waals surface area contributed by atoms with Gasteiger partial charge in [-0.05, 0) is 19.4 Å². The van der Waals surface area contributed by atoms with E-state index in [1.165, 1.54) is 30.3 Å². The highest BCUT2D eigenvalue weighted by Gasteiger charge is 2.63. The van der Waals surface area contributed by atoms with Gasteiger partial charge in [-0.1, -0.05) is 60.7 Å². The molecular formula is C21H25F3NO5P. The lowest BCUT2D eigenvalue weighted by molar-refractivity contribution is -0.266. The maximum absolute atomic E-state index is 14.2. The number of hydrogen-bond donors (Lipinski definition) is 1. The summed E-state index contributed by atoms with van der Waals surface area (Å²) in [6.45, 7) is 3.05. The lowest BCUT2D eigenvalue weighted by Crippen LogP contribution is -2.56. The summed E-state index contributed by atoms with van der Waals surface area (Å²) in [6, 6.07) is 14.4. The Bertz CT molecular complexity index is 885. The molecule has 0 aromatic heterocycles. The third-order valence-corrected chi connectivity index (χ3v) is 6.82. The average molecular weight is 459 g/mol. The predicted octanol–water partition coefficient (Wildman–Crippen LogP) is 5.17. The Kier molecular flexibility index (Phi) is 8.42. The molecular weight excluding hydrogens is 434 g/mol. The van der Waals surface area contributed by atoms with Crippen LogP contribution in [0.4, 0.5) is 13.2 Å². The molecule has 10 heteroatoms. The standard InChI is InChI=1S/C21H25F3NO5P/c1-4-29-31(27,30-5-2)18(16-12-8-6-9-13-16)25-19(26)20(28-3,21(22,23)24)17-14-10-7-11-15-17/h6-15,18H,4-5H2,1-3H3,(H,25,26)/t18?,20-/m0/s1. The van der Waals surface area contributed by atoms with Crippen molar-refractivity contribution in [2.45, 2.75) is 31.4 Å². The Hall–Kier alpha value is -2.19. The van der Waals surface area contributed by atoms with Crippen molar-refractivity contribution in [3.63, 3.8) is 0 Å². The Morgan fingerprint density at radius 2 is 1.45 bits per heavy atom. The Morgan fingerprint density at radius 3 is 1.87 bits per heavy atom. The maximum atomic E-state index is 14.2. The van der Waals surface area contributed by atoms with Gasteiger partial charge in [0.25, 0.3) is 11.5 Å². The molecule has 1 unspecified atom stereocenters. The van der Waals surface area contributed by atoms with E-state index in [2.05, 4.69) is 5.32 Å². The van der Waals surface area contributed by atoms with Crippen molar-refractivity contribution in [3.05, 3.63) is 71.8 Å². The zero-order chi connectivity index (χ0) is 23.1. The van der Waals surface area contributed by atoms with E-state index in [-0.39, 0.29) is 18.8 Å². The smallest absolute Gasteiger partial charge is 0.356 e. The largest absolute Gasteiger partial charge is 0.430 e. The molecule has 2 aromatic rings. The Morgan fingerprint density at radius 1 is 0.968 bits per heavy atom. The van der Waals surface area contributed by atoms with E-state index in [9.17, 15) is 22.5 Å². The van der Waals surface area contributed by atoms with Crippen molar-refractivity contribution in [1.29, 1.82) is 0 Å². The van der Waals surface area contributed by atoms with Gasteiger partial charge >= 0.3 is 13.8 Å². The number of halogens is 3. The molecule has 170 valence electrons. The lowest BCUT2D eigenvalue weighted by Gasteiger charge is -2.36. The van der Waals surface area contributed by atoms with Gasteiger partial charge in [0.15, 0.2) is 5.78 Å². The van der Waals surface area contributed by atoms with Gasteiger partial charge in [0.2, 0.25) is 0 Å². The van der Waals surface area contributed by atoms with Crippen LogP contribution in [0.3, 0.4) is 0 Å². The molecule has 2 rings (SSSR count). The molecule has 0 heterocycles. The average Bonchev–Trinajstić information content (AvgIpc) is 2.73. The third-order valence-electron chi connectivity index (χ3n) is 4.52. The van der Waals surface area contributed by atoms with Crippen LogP contribution in [0.2, 0.25) is 0 Å². The summed E-state index contributed by atoms with van der Waals surface area (Å²) >= 11 is 0. The summed E-state index contributed by atoms with van der Waals surface area (Å²) in [5, 5.41) is 2.24. The van der Waals surface area contributed by atoms with E-state index in [1.54, 1.807) is 32.0 Å². The lowest BCUT2D eigenvalue weighted by atomic mass is 9.91. The second-order valence-corrected chi connectivity index (χ2v) is 8.52. The first-order valence-corrected chi connectivity index (χ1v) is 11.2. The number of nitrogens with one attached hydrogen (secondary N) is 1. The highest BCUT2D eigenvalue weighted by Crippen LogP contribution is 2.60. The van der Waals surface area contributed by atoms with Crippen molar-refractivity contribution in [2.24, 2.45) is 0 Å².